The van der Waals surface area contributed by atoms with E-state index in [2.05, 4.69) is 20.7 Å². The lowest BCUT2D eigenvalue weighted by molar-refractivity contribution is -0.575. The minimum Gasteiger partial charge on any atom is -0.495 e. The van der Waals surface area contributed by atoms with Gasteiger partial charge in [-0.2, -0.15) is 5.10 Å². The number of fused-ring (bicyclic) bond motifs is 1. The Morgan fingerprint density at radius 3 is 2.38 bits per heavy atom. The number of nitrogens with zero attached hydrogens (tertiary/aromatic N) is 2. The molecule has 1 atom stereocenters. The summed E-state index contributed by atoms with van der Waals surface area (Å²) >= 11 is 0. The molecule has 0 saturated carbocycles. The van der Waals surface area contributed by atoms with Crippen LogP contribution in [0.4, 0.5) is 21.7 Å². The molecule has 5 aromatic rings. The topological polar surface area (TPSA) is 117 Å². The highest BCUT2D eigenvalue weighted by Gasteiger charge is 2.18. The zero-order valence-electron chi connectivity index (χ0n) is 22.0. The normalized spacial score (nSPS) is 12.2. The molecule has 0 fully saturated rings. The second kappa shape index (κ2) is 10.8. The first kappa shape index (κ1) is 26.8. The van der Waals surface area contributed by atoms with Crippen LogP contribution in [-0.2, 0) is 14.6 Å². The Morgan fingerprint density at radius 1 is 1.00 bits per heavy atom. The third-order valence-corrected chi connectivity index (χ3v) is 7.59. The quantitative estimate of drug-likeness (QED) is 0.234. The van der Waals surface area contributed by atoms with Gasteiger partial charge in [0.1, 0.15) is 17.8 Å². The van der Waals surface area contributed by atoms with Gasteiger partial charge in [-0.05, 0) is 60.5 Å². The number of ether oxygens (including phenoxy) is 1. The largest absolute Gasteiger partial charge is 0.495 e. The Bertz CT molecular complexity index is 1800. The van der Waals surface area contributed by atoms with Crippen molar-refractivity contribution in [2.75, 3.05) is 24.0 Å². The fourth-order valence-electron chi connectivity index (χ4n) is 4.19. The zero-order chi connectivity index (χ0) is 28.4. The van der Waals surface area contributed by atoms with E-state index in [0.29, 0.717) is 28.7 Å². The molecule has 3 aromatic carbocycles. The van der Waals surface area contributed by atoms with Crippen molar-refractivity contribution >= 4 is 38.7 Å². The number of aromatic amines is 1. The molecule has 1 amide bonds. The Hall–Kier alpha value is -4.77. The summed E-state index contributed by atoms with van der Waals surface area (Å²) in [5.41, 5.74) is 4.46. The minimum atomic E-state index is -3.37. The standard InChI is InChI=1S/C29H26FN5O4S/c1-18(19-4-9-22(30)10-5-19)28(36)31-23-11-6-20(7-12-23)21-8-15-27-33-29(34-35(27)17-21)32-25-14-13-24(40(3,37)38)16-26(25)39-2/h4-18H,1-3H3,(H2,31,32,34,36)/p+1/t18-/m1/s1. The number of anilines is 3. The Morgan fingerprint density at radius 2 is 1.70 bits per heavy atom. The molecule has 40 heavy (non-hydrogen) atoms. The van der Waals surface area contributed by atoms with Crippen LogP contribution in [0, 0.1) is 5.82 Å². The number of carbonyl (C=O) groups is 1. The van der Waals surface area contributed by atoms with E-state index < -0.39 is 15.8 Å². The smallest absolute Gasteiger partial charge is 0.353 e. The van der Waals surface area contributed by atoms with Crippen molar-refractivity contribution in [3.8, 4) is 16.9 Å². The summed E-state index contributed by atoms with van der Waals surface area (Å²) in [5.74, 6) is -0.146. The van der Waals surface area contributed by atoms with Gasteiger partial charge in [0.15, 0.2) is 9.84 Å². The van der Waals surface area contributed by atoms with Gasteiger partial charge in [-0.3, -0.25) is 10.1 Å². The van der Waals surface area contributed by atoms with E-state index in [0.717, 1.165) is 22.9 Å². The molecule has 0 unspecified atom stereocenters. The summed E-state index contributed by atoms with van der Waals surface area (Å²) in [6.45, 7) is 1.78. The van der Waals surface area contributed by atoms with E-state index in [1.165, 1.54) is 31.4 Å². The predicted molar refractivity (Wildman–Crippen MR) is 150 cm³/mol. The number of rotatable bonds is 8. The number of benzene rings is 3. The molecule has 0 spiro atoms. The van der Waals surface area contributed by atoms with Gasteiger partial charge in [-0.1, -0.05) is 24.3 Å². The number of aromatic nitrogens is 3. The summed E-state index contributed by atoms with van der Waals surface area (Å²) < 4.78 is 44.0. The Labute approximate surface area is 230 Å². The number of nitrogens with one attached hydrogen (secondary N) is 3. The summed E-state index contributed by atoms with van der Waals surface area (Å²) in [6.07, 6.45) is 3.03. The molecule has 3 N–H and O–H groups in total. The number of hydrogen-bond acceptors (Lipinski definition) is 6. The summed E-state index contributed by atoms with van der Waals surface area (Å²) in [5, 5.41) is 9.20. The lowest BCUT2D eigenvalue weighted by Crippen LogP contribution is -2.22. The average Bonchev–Trinajstić information content (AvgIpc) is 3.34. The first-order valence-electron chi connectivity index (χ1n) is 12.3. The summed E-state index contributed by atoms with van der Waals surface area (Å²) in [4.78, 5) is 17.4. The number of methoxy groups -OCH3 is 1. The molecule has 0 aliphatic carbocycles. The summed E-state index contributed by atoms with van der Waals surface area (Å²) in [6, 6.07) is 21.8. The Kier molecular flexibility index (Phi) is 7.22. The second-order valence-electron chi connectivity index (χ2n) is 9.32. The van der Waals surface area contributed by atoms with Gasteiger partial charge in [-0.25, -0.2) is 12.8 Å². The molecule has 0 radical (unpaired) electrons. The van der Waals surface area contributed by atoms with Crippen LogP contribution in [0.2, 0.25) is 0 Å². The van der Waals surface area contributed by atoms with Gasteiger partial charge in [0.25, 0.3) is 0 Å². The fourth-order valence-corrected chi connectivity index (χ4v) is 4.82. The lowest BCUT2D eigenvalue weighted by atomic mass is 10.00. The van der Waals surface area contributed by atoms with Gasteiger partial charge >= 0.3 is 11.6 Å². The van der Waals surface area contributed by atoms with Crippen LogP contribution in [0.25, 0.3) is 16.8 Å². The highest BCUT2D eigenvalue weighted by molar-refractivity contribution is 7.90. The van der Waals surface area contributed by atoms with Crippen molar-refractivity contribution < 1.29 is 26.9 Å². The van der Waals surface area contributed by atoms with Crippen LogP contribution in [0.3, 0.4) is 0 Å². The maximum atomic E-state index is 13.2. The van der Waals surface area contributed by atoms with Crippen molar-refractivity contribution in [3.05, 3.63) is 96.4 Å². The van der Waals surface area contributed by atoms with Crippen LogP contribution < -0.4 is 19.9 Å². The number of pyridine rings is 1. The molecule has 0 aliphatic heterocycles. The van der Waals surface area contributed by atoms with E-state index in [-0.39, 0.29) is 16.6 Å². The number of carbonyl (C=O) groups excluding carboxylic acids is 1. The molecule has 2 heterocycles. The first-order chi connectivity index (χ1) is 19.1. The SMILES string of the molecule is COc1cc(S(C)(=O)=O)ccc1Nc1nc2ccc(-c3ccc(NC(=O)[C@H](C)c4ccc(F)cc4)cc3)c[n+]2[nH]1. The van der Waals surface area contributed by atoms with Gasteiger partial charge in [0, 0.05) is 34.6 Å². The van der Waals surface area contributed by atoms with Gasteiger partial charge in [0.05, 0.1) is 23.6 Å². The maximum Gasteiger partial charge on any atom is 0.353 e. The molecule has 204 valence electrons. The molecule has 2 aromatic heterocycles. The number of amides is 1. The molecule has 11 heteroatoms. The minimum absolute atomic E-state index is 0.159. The van der Waals surface area contributed by atoms with Gasteiger partial charge < -0.3 is 10.1 Å². The lowest BCUT2D eigenvalue weighted by Gasteiger charge is -2.13. The number of sulfone groups is 1. The zero-order valence-corrected chi connectivity index (χ0v) is 22.8. The first-order valence-corrected chi connectivity index (χ1v) is 14.2. The van der Waals surface area contributed by atoms with E-state index in [4.69, 9.17) is 4.74 Å². The van der Waals surface area contributed by atoms with Crippen molar-refractivity contribution in [1.29, 1.82) is 0 Å². The van der Waals surface area contributed by atoms with Crippen molar-refractivity contribution in [2.24, 2.45) is 0 Å². The second-order valence-corrected chi connectivity index (χ2v) is 11.3. The summed E-state index contributed by atoms with van der Waals surface area (Å²) in [7, 11) is -1.90. The monoisotopic (exact) mass is 560 g/mol. The van der Waals surface area contributed by atoms with Crippen molar-refractivity contribution in [3.63, 3.8) is 0 Å². The highest BCUT2D eigenvalue weighted by Crippen LogP contribution is 2.29. The van der Waals surface area contributed by atoms with Crippen LogP contribution in [-0.4, -0.2) is 37.8 Å². The maximum absolute atomic E-state index is 13.2. The third-order valence-electron chi connectivity index (χ3n) is 6.48. The van der Waals surface area contributed by atoms with Gasteiger partial charge in [0.2, 0.25) is 5.91 Å². The van der Waals surface area contributed by atoms with Crippen LogP contribution in [0.15, 0.2) is 90.0 Å². The number of H-pyrrole nitrogens is 1. The Balaban J connectivity index is 1.30. The average molecular weight is 561 g/mol. The van der Waals surface area contributed by atoms with Crippen LogP contribution in [0.1, 0.15) is 18.4 Å². The van der Waals surface area contributed by atoms with Crippen molar-refractivity contribution in [2.45, 2.75) is 17.7 Å². The molecule has 9 nitrogen and oxygen atoms in total. The fraction of sp³-hybridized carbons (Fsp3) is 0.138. The van der Waals surface area contributed by atoms with Crippen LogP contribution in [0.5, 0.6) is 5.75 Å². The van der Waals surface area contributed by atoms with E-state index in [1.807, 2.05) is 42.6 Å². The number of halogens is 1. The van der Waals surface area contributed by atoms with E-state index in [1.54, 1.807) is 29.6 Å². The van der Waals surface area contributed by atoms with E-state index in [9.17, 15) is 17.6 Å². The van der Waals surface area contributed by atoms with Crippen LogP contribution >= 0.6 is 0 Å². The molecular formula is C29H27FN5O4S+. The van der Waals surface area contributed by atoms with E-state index >= 15 is 0 Å². The molecule has 0 saturated heterocycles. The third kappa shape index (κ3) is 5.79. The molecule has 0 bridgehead atoms. The molecule has 0 aliphatic rings. The van der Waals surface area contributed by atoms with Gasteiger partial charge in [-0.15, -0.1) is 4.52 Å². The molecule has 5 rings (SSSR count). The predicted octanol–water partition coefficient (Wildman–Crippen LogP) is 4.85. The highest BCUT2D eigenvalue weighted by atomic mass is 32.2. The molecular weight excluding hydrogens is 533 g/mol. The van der Waals surface area contributed by atoms with Crippen molar-refractivity contribution in [1.82, 2.24) is 10.1 Å². The number of hydrogen-bond donors (Lipinski definition) is 3.